The summed E-state index contributed by atoms with van der Waals surface area (Å²) in [7, 11) is 1.32. The first-order valence-electron chi connectivity index (χ1n) is 2.98. The lowest BCUT2D eigenvalue weighted by Crippen LogP contribution is -2.12. The maximum absolute atomic E-state index is 12.1. The van der Waals surface area contributed by atoms with Crippen LogP contribution in [-0.4, -0.2) is 9.55 Å². The van der Waals surface area contributed by atoms with Gasteiger partial charge in [-0.1, -0.05) is 0 Å². The van der Waals surface area contributed by atoms with Crippen LogP contribution in [0.3, 0.4) is 0 Å². The molecule has 0 aliphatic heterocycles. The number of rotatable bonds is 0. The molecule has 0 radical (unpaired) electrons. The molecule has 0 unspecified atom stereocenters. The second kappa shape index (κ2) is 2.25. The first-order valence-corrected chi connectivity index (χ1v) is 2.98. The Morgan fingerprint density at radius 1 is 1.45 bits per heavy atom. The van der Waals surface area contributed by atoms with Crippen molar-refractivity contribution in [2.45, 2.75) is 13.1 Å². The number of hydrogen-bond acceptors (Lipinski definition) is 1. The smallest absolute Gasteiger partial charge is 0.330 e. The second-order valence-corrected chi connectivity index (χ2v) is 2.29. The summed E-state index contributed by atoms with van der Waals surface area (Å²) >= 11 is 0. The van der Waals surface area contributed by atoms with Gasteiger partial charge in [0.2, 0.25) is 0 Å². The monoisotopic (exact) mass is 164 g/mol. The highest BCUT2D eigenvalue weighted by Crippen LogP contribution is 2.30. The van der Waals surface area contributed by atoms with Crippen molar-refractivity contribution in [3.8, 4) is 0 Å². The summed E-state index contributed by atoms with van der Waals surface area (Å²) in [6.45, 7) is 1.34. The molecule has 0 saturated heterocycles. The Morgan fingerprint density at radius 2 is 2.00 bits per heavy atom. The van der Waals surface area contributed by atoms with E-state index in [0.29, 0.717) is 0 Å². The zero-order chi connectivity index (χ0) is 8.65. The molecule has 5 heteroatoms. The van der Waals surface area contributed by atoms with Gasteiger partial charge in [-0.05, 0) is 6.92 Å². The molecule has 0 aliphatic carbocycles. The van der Waals surface area contributed by atoms with Crippen LogP contribution in [-0.2, 0) is 13.2 Å². The van der Waals surface area contributed by atoms with Crippen molar-refractivity contribution in [1.29, 1.82) is 0 Å². The highest BCUT2D eigenvalue weighted by Gasteiger charge is 2.35. The number of hydrogen-bond donors (Lipinski definition) is 0. The number of aromatic nitrogens is 2. The third-order valence-corrected chi connectivity index (χ3v) is 1.39. The molecule has 0 fully saturated rings. The molecule has 0 spiro atoms. The fourth-order valence-corrected chi connectivity index (χ4v) is 0.952. The molecule has 0 atom stereocenters. The summed E-state index contributed by atoms with van der Waals surface area (Å²) in [6, 6.07) is 0. The Morgan fingerprint density at radius 3 is 2.18 bits per heavy atom. The predicted octanol–water partition coefficient (Wildman–Crippen LogP) is 1.75. The normalized spacial score (nSPS) is 12.1. The average Bonchev–Trinajstić information content (AvgIpc) is 2.08. The van der Waals surface area contributed by atoms with E-state index in [-0.39, 0.29) is 5.69 Å². The van der Waals surface area contributed by atoms with Gasteiger partial charge in [0.25, 0.3) is 0 Å². The minimum absolute atomic E-state index is 0.0139. The van der Waals surface area contributed by atoms with Crippen molar-refractivity contribution in [2.24, 2.45) is 7.05 Å². The second-order valence-electron chi connectivity index (χ2n) is 2.29. The molecule has 0 aliphatic rings. The molecule has 1 heterocycles. The van der Waals surface area contributed by atoms with Gasteiger partial charge in [0.15, 0.2) is 0 Å². The van der Waals surface area contributed by atoms with E-state index in [0.717, 1.165) is 10.9 Å². The first-order chi connectivity index (χ1) is 4.93. The third-order valence-electron chi connectivity index (χ3n) is 1.39. The molecular formula is C6H7F3N2. The molecule has 11 heavy (non-hydrogen) atoms. The van der Waals surface area contributed by atoms with Gasteiger partial charge in [0, 0.05) is 7.05 Å². The Labute approximate surface area is 61.7 Å². The van der Waals surface area contributed by atoms with E-state index in [1.54, 1.807) is 0 Å². The van der Waals surface area contributed by atoms with Gasteiger partial charge in [-0.15, -0.1) is 0 Å². The molecule has 1 aromatic rings. The van der Waals surface area contributed by atoms with E-state index in [4.69, 9.17) is 0 Å². The predicted molar refractivity (Wildman–Crippen MR) is 32.9 cm³/mol. The van der Waals surface area contributed by atoms with Crippen LogP contribution in [0.2, 0.25) is 0 Å². The fraction of sp³-hybridized carbons (Fsp3) is 0.500. The van der Waals surface area contributed by atoms with Crippen LogP contribution in [0.15, 0.2) is 6.33 Å². The lowest BCUT2D eigenvalue weighted by atomic mass is 10.3. The lowest BCUT2D eigenvalue weighted by Gasteiger charge is -2.07. The van der Waals surface area contributed by atoms with E-state index < -0.39 is 11.9 Å². The summed E-state index contributed by atoms with van der Waals surface area (Å²) in [5.41, 5.74) is -0.669. The van der Waals surface area contributed by atoms with E-state index in [9.17, 15) is 13.2 Å². The average molecular weight is 164 g/mol. The molecular weight excluding hydrogens is 157 g/mol. The van der Waals surface area contributed by atoms with Crippen molar-refractivity contribution in [3.63, 3.8) is 0 Å². The largest absolute Gasteiger partial charge is 0.433 e. The molecule has 0 N–H and O–H groups in total. The van der Waals surface area contributed by atoms with Crippen LogP contribution in [0.4, 0.5) is 13.2 Å². The van der Waals surface area contributed by atoms with E-state index in [1.807, 2.05) is 0 Å². The Balaban J connectivity index is 3.21. The summed E-state index contributed by atoms with van der Waals surface area (Å²) in [6.07, 6.45) is -3.15. The highest BCUT2D eigenvalue weighted by atomic mass is 19.4. The van der Waals surface area contributed by atoms with Crippen LogP contribution in [0.25, 0.3) is 0 Å². The molecule has 0 saturated carbocycles. The topological polar surface area (TPSA) is 17.8 Å². The van der Waals surface area contributed by atoms with E-state index in [2.05, 4.69) is 4.98 Å². The number of halogens is 3. The van der Waals surface area contributed by atoms with Gasteiger partial charge in [0.05, 0.1) is 12.0 Å². The van der Waals surface area contributed by atoms with Gasteiger partial charge in [-0.2, -0.15) is 13.2 Å². The zero-order valence-corrected chi connectivity index (χ0v) is 6.11. The summed E-state index contributed by atoms with van der Waals surface area (Å²) in [4.78, 5) is 3.53. The molecule has 0 amide bonds. The summed E-state index contributed by atoms with van der Waals surface area (Å²) in [5, 5.41) is 0. The minimum atomic E-state index is -4.30. The maximum atomic E-state index is 12.1. The Bertz CT molecular complexity index is 242. The quantitative estimate of drug-likeness (QED) is 0.571. The lowest BCUT2D eigenvalue weighted by molar-refractivity contribution is -0.143. The van der Waals surface area contributed by atoms with Gasteiger partial charge in [-0.25, -0.2) is 4.98 Å². The Kier molecular flexibility index (Phi) is 1.66. The molecule has 62 valence electrons. The standard InChI is InChI=1S/C6H7F3N2/c1-4-5(6(7,8)9)11(2)3-10-4/h3H,1-2H3. The minimum Gasteiger partial charge on any atom is -0.330 e. The van der Waals surface area contributed by atoms with Gasteiger partial charge in [-0.3, -0.25) is 0 Å². The summed E-state index contributed by atoms with van der Waals surface area (Å²) in [5.74, 6) is 0. The molecule has 0 aromatic carbocycles. The van der Waals surface area contributed by atoms with Gasteiger partial charge in [0.1, 0.15) is 5.69 Å². The SMILES string of the molecule is Cc1ncn(C)c1C(F)(F)F. The molecule has 1 rings (SSSR count). The van der Waals surface area contributed by atoms with Crippen molar-refractivity contribution in [3.05, 3.63) is 17.7 Å². The first kappa shape index (κ1) is 8.10. The van der Waals surface area contributed by atoms with Crippen LogP contribution < -0.4 is 0 Å². The van der Waals surface area contributed by atoms with Gasteiger partial charge < -0.3 is 4.57 Å². The maximum Gasteiger partial charge on any atom is 0.433 e. The highest BCUT2D eigenvalue weighted by molar-refractivity contribution is 5.14. The third kappa shape index (κ3) is 1.36. The van der Waals surface area contributed by atoms with Crippen molar-refractivity contribution in [2.75, 3.05) is 0 Å². The Hall–Kier alpha value is -1.00. The fourth-order valence-electron chi connectivity index (χ4n) is 0.952. The van der Waals surface area contributed by atoms with Crippen molar-refractivity contribution >= 4 is 0 Å². The van der Waals surface area contributed by atoms with Crippen LogP contribution in [0.5, 0.6) is 0 Å². The van der Waals surface area contributed by atoms with Crippen molar-refractivity contribution < 1.29 is 13.2 Å². The number of imidazole rings is 1. The van der Waals surface area contributed by atoms with Crippen molar-refractivity contribution in [1.82, 2.24) is 9.55 Å². The summed E-state index contributed by atoms with van der Waals surface area (Å²) < 4.78 is 37.2. The molecule has 1 aromatic heterocycles. The van der Waals surface area contributed by atoms with Gasteiger partial charge >= 0.3 is 6.18 Å². The van der Waals surface area contributed by atoms with Crippen LogP contribution >= 0.6 is 0 Å². The number of nitrogens with zero attached hydrogens (tertiary/aromatic N) is 2. The van der Waals surface area contributed by atoms with Crippen LogP contribution in [0.1, 0.15) is 11.4 Å². The molecule has 2 nitrogen and oxygen atoms in total. The number of aryl methyl sites for hydroxylation is 2. The van der Waals surface area contributed by atoms with E-state index in [1.165, 1.54) is 14.0 Å². The number of alkyl halides is 3. The van der Waals surface area contributed by atoms with Crippen LogP contribution in [0, 0.1) is 6.92 Å². The van der Waals surface area contributed by atoms with E-state index >= 15 is 0 Å². The molecule has 0 bridgehead atoms. The zero-order valence-electron chi connectivity index (χ0n) is 6.11.